The Hall–Kier alpha value is -0.190. The smallest absolute Gasteiger partial charge is 0.327 e. The van der Waals surface area contributed by atoms with Crippen molar-refractivity contribution in [3.63, 3.8) is 0 Å². The molecule has 216 valence electrons. The maximum atomic E-state index is 11.3. The molecule has 0 aromatic heterocycles. The number of likely N-dealkylation sites (N-methyl/N-ethyl adjacent to an activating group) is 1. The number of rotatable bonds is 27. The highest BCUT2D eigenvalue weighted by atomic mass is 31.2. The third-order valence-corrected chi connectivity index (χ3v) is 7.95. The lowest BCUT2D eigenvalue weighted by Gasteiger charge is -2.32. The van der Waals surface area contributed by atoms with Crippen LogP contribution in [0.3, 0.4) is 0 Å². The molecule has 0 spiro atoms. The third kappa shape index (κ3) is 26.9. The first-order valence-corrected chi connectivity index (χ1v) is 16.9. The fourth-order valence-corrected chi connectivity index (χ4v) is 5.29. The van der Waals surface area contributed by atoms with Crippen molar-refractivity contribution >= 4 is 7.82 Å². The first-order chi connectivity index (χ1) is 17.2. The molecule has 0 bridgehead atoms. The fraction of sp³-hybridized carbons (Fsp3) is 0.933. The van der Waals surface area contributed by atoms with Crippen LogP contribution in [-0.2, 0) is 9.09 Å². The number of phosphoric ester groups is 1. The maximum absolute atomic E-state index is 11.3. The Morgan fingerprint density at radius 3 is 1.44 bits per heavy atom. The van der Waals surface area contributed by atoms with Gasteiger partial charge >= 0.3 is 7.82 Å². The molecule has 0 rings (SSSR count). The molecule has 36 heavy (non-hydrogen) atoms. The molecular formula is C30H63NO4P+. The molecule has 0 aliphatic rings. The molecule has 6 heteroatoms. The van der Waals surface area contributed by atoms with E-state index >= 15 is 0 Å². The van der Waals surface area contributed by atoms with E-state index in [1.165, 1.54) is 116 Å². The average molecular weight is 533 g/mol. The maximum Gasteiger partial charge on any atom is 0.470 e. The summed E-state index contributed by atoms with van der Waals surface area (Å²) in [6.07, 6.45) is 31.5. The summed E-state index contributed by atoms with van der Waals surface area (Å²) in [7, 11) is -0.278. The van der Waals surface area contributed by atoms with E-state index in [9.17, 15) is 14.4 Å². The Labute approximate surface area is 225 Å². The van der Waals surface area contributed by atoms with Crippen molar-refractivity contribution in [3.8, 4) is 0 Å². The second-order valence-electron chi connectivity index (χ2n) is 11.5. The quantitative estimate of drug-likeness (QED) is 0.0479. The Balaban J connectivity index is 3.50. The van der Waals surface area contributed by atoms with Crippen molar-refractivity contribution in [1.82, 2.24) is 0 Å². The van der Waals surface area contributed by atoms with Gasteiger partial charge in [-0.05, 0) is 39.0 Å². The molecule has 0 saturated carbocycles. The molecule has 0 aliphatic heterocycles. The molecule has 0 fully saturated rings. The normalized spacial score (nSPS) is 13.6. The number of quaternary nitrogens is 1. The predicted octanol–water partition coefficient (Wildman–Crippen LogP) is 9.33. The van der Waals surface area contributed by atoms with Gasteiger partial charge in [0.25, 0.3) is 0 Å². The Morgan fingerprint density at radius 2 is 1.06 bits per heavy atom. The standard InChI is InChI=1S/C30H62NO4P/c1-5-7-8-9-10-11-12-13-14-15-16-17-18-19-20-21-22-23-24-25-26-27-28-30(35-36(32,33)34)29-31(3,4)6-2/h13-14,30H,5-12,15-29H2,1-4H3,(H-,32,33,34)/p+1. The van der Waals surface area contributed by atoms with E-state index in [1.807, 2.05) is 0 Å². The van der Waals surface area contributed by atoms with Crippen molar-refractivity contribution < 1.29 is 23.4 Å². The van der Waals surface area contributed by atoms with Crippen LogP contribution in [-0.4, -0.2) is 47.6 Å². The topological polar surface area (TPSA) is 66.8 Å². The summed E-state index contributed by atoms with van der Waals surface area (Å²) in [5, 5.41) is 0. The SMILES string of the molecule is CCCCCCCCC=CCCCCCCCCCCCCCCC(C[N+](C)(C)CC)OP(=O)(O)O. The van der Waals surface area contributed by atoms with Gasteiger partial charge < -0.3 is 14.3 Å². The highest BCUT2D eigenvalue weighted by Gasteiger charge is 2.27. The lowest BCUT2D eigenvalue weighted by atomic mass is 10.0. The number of phosphoric acid groups is 1. The minimum Gasteiger partial charge on any atom is -0.327 e. The van der Waals surface area contributed by atoms with Crippen LogP contribution < -0.4 is 0 Å². The second kappa shape index (κ2) is 23.9. The van der Waals surface area contributed by atoms with Gasteiger partial charge in [-0.2, -0.15) is 0 Å². The largest absolute Gasteiger partial charge is 0.470 e. The molecule has 0 aliphatic carbocycles. The molecule has 0 heterocycles. The van der Waals surface area contributed by atoms with Crippen molar-refractivity contribution in [2.75, 3.05) is 27.2 Å². The highest BCUT2D eigenvalue weighted by molar-refractivity contribution is 7.46. The van der Waals surface area contributed by atoms with E-state index < -0.39 is 7.82 Å². The molecule has 0 amide bonds. The molecule has 0 aromatic rings. The van der Waals surface area contributed by atoms with Gasteiger partial charge in [0.15, 0.2) is 0 Å². The second-order valence-corrected chi connectivity index (χ2v) is 12.7. The van der Waals surface area contributed by atoms with Crippen molar-refractivity contribution in [2.45, 2.75) is 155 Å². The van der Waals surface area contributed by atoms with Gasteiger partial charge in [-0.15, -0.1) is 0 Å². The molecule has 2 N–H and O–H groups in total. The average Bonchev–Trinajstić information content (AvgIpc) is 2.81. The van der Waals surface area contributed by atoms with Gasteiger partial charge in [0, 0.05) is 0 Å². The number of nitrogens with zero attached hydrogens (tertiary/aromatic N) is 1. The fourth-order valence-electron chi connectivity index (χ4n) is 4.73. The van der Waals surface area contributed by atoms with Gasteiger partial charge in [-0.3, -0.25) is 4.52 Å². The molecule has 5 nitrogen and oxygen atoms in total. The molecule has 1 unspecified atom stereocenters. The van der Waals surface area contributed by atoms with Gasteiger partial charge in [0.05, 0.1) is 20.6 Å². The zero-order valence-corrected chi connectivity index (χ0v) is 25.5. The first-order valence-electron chi connectivity index (χ1n) is 15.4. The van der Waals surface area contributed by atoms with Gasteiger partial charge in [0.1, 0.15) is 12.6 Å². The van der Waals surface area contributed by atoms with Crippen molar-refractivity contribution in [1.29, 1.82) is 0 Å². The molecule has 0 saturated heterocycles. The molecule has 0 radical (unpaired) electrons. The van der Waals surface area contributed by atoms with E-state index in [1.54, 1.807) is 0 Å². The van der Waals surface area contributed by atoms with Crippen LogP contribution in [0.1, 0.15) is 149 Å². The summed E-state index contributed by atoms with van der Waals surface area (Å²) in [5.41, 5.74) is 0. The van der Waals surface area contributed by atoms with Gasteiger partial charge in [0.2, 0.25) is 0 Å². The van der Waals surface area contributed by atoms with Crippen LogP contribution in [0, 0.1) is 0 Å². The minimum atomic E-state index is -4.43. The first kappa shape index (κ1) is 35.8. The summed E-state index contributed by atoms with van der Waals surface area (Å²) in [6.45, 7) is 5.92. The number of allylic oxidation sites excluding steroid dienone is 2. The molecule has 1 atom stereocenters. The Kier molecular flexibility index (Phi) is 23.8. The van der Waals surface area contributed by atoms with E-state index in [2.05, 4.69) is 40.1 Å². The summed E-state index contributed by atoms with van der Waals surface area (Å²) < 4.78 is 17.1. The zero-order valence-electron chi connectivity index (χ0n) is 24.6. The van der Waals surface area contributed by atoms with Crippen LogP contribution in [0.2, 0.25) is 0 Å². The number of hydrogen-bond donors (Lipinski definition) is 2. The van der Waals surface area contributed by atoms with Gasteiger partial charge in [-0.1, -0.05) is 122 Å². The van der Waals surface area contributed by atoms with Crippen LogP contribution in [0.4, 0.5) is 0 Å². The summed E-state index contributed by atoms with van der Waals surface area (Å²) >= 11 is 0. The lowest BCUT2D eigenvalue weighted by molar-refractivity contribution is -0.891. The van der Waals surface area contributed by atoms with E-state index in [0.29, 0.717) is 11.0 Å². The van der Waals surface area contributed by atoms with E-state index in [-0.39, 0.29) is 6.10 Å². The number of unbranched alkanes of at least 4 members (excludes halogenated alkanes) is 18. The Morgan fingerprint density at radius 1 is 0.667 bits per heavy atom. The van der Waals surface area contributed by atoms with Crippen LogP contribution in [0.5, 0.6) is 0 Å². The monoisotopic (exact) mass is 532 g/mol. The predicted molar refractivity (Wildman–Crippen MR) is 156 cm³/mol. The van der Waals surface area contributed by atoms with Crippen LogP contribution in [0.25, 0.3) is 0 Å². The number of hydrogen-bond acceptors (Lipinski definition) is 2. The van der Waals surface area contributed by atoms with Crippen LogP contribution >= 0.6 is 7.82 Å². The summed E-state index contributed by atoms with van der Waals surface area (Å²) in [5.74, 6) is 0. The molecular weight excluding hydrogens is 469 g/mol. The lowest BCUT2D eigenvalue weighted by Crippen LogP contribution is -2.45. The summed E-state index contributed by atoms with van der Waals surface area (Å²) in [4.78, 5) is 18.4. The molecule has 0 aromatic carbocycles. The van der Waals surface area contributed by atoms with E-state index in [4.69, 9.17) is 4.52 Å². The summed E-state index contributed by atoms with van der Waals surface area (Å²) in [6, 6.07) is 0. The van der Waals surface area contributed by atoms with Crippen molar-refractivity contribution in [3.05, 3.63) is 12.2 Å². The highest BCUT2D eigenvalue weighted by Crippen LogP contribution is 2.39. The zero-order chi connectivity index (χ0) is 27.0. The Bertz CT molecular complexity index is 547. The van der Waals surface area contributed by atoms with Crippen LogP contribution in [0.15, 0.2) is 12.2 Å². The van der Waals surface area contributed by atoms with E-state index in [0.717, 1.165) is 25.8 Å². The van der Waals surface area contributed by atoms with Crippen molar-refractivity contribution in [2.24, 2.45) is 0 Å². The minimum absolute atomic E-state index is 0.373. The van der Waals surface area contributed by atoms with Gasteiger partial charge in [-0.25, -0.2) is 4.57 Å². The third-order valence-electron chi connectivity index (χ3n) is 7.38.